The fraction of sp³-hybridized carbons (Fsp3) is 0.115. The van der Waals surface area contributed by atoms with Crippen LogP contribution >= 0.6 is 11.8 Å². The third-order valence-corrected chi connectivity index (χ3v) is 6.99. The van der Waals surface area contributed by atoms with Crippen LogP contribution in [0.15, 0.2) is 108 Å². The van der Waals surface area contributed by atoms with Crippen molar-refractivity contribution in [2.24, 2.45) is 0 Å². The predicted octanol–water partition coefficient (Wildman–Crippen LogP) is 6.00. The van der Waals surface area contributed by atoms with Crippen LogP contribution < -0.4 is 4.90 Å². The first-order valence-corrected chi connectivity index (χ1v) is 10.9. The number of carbonyl (C=O) groups excluding carboxylic acids is 1. The van der Waals surface area contributed by atoms with Crippen molar-refractivity contribution in [2.45, 2.75) is 17.0 Å². The summed E-state index contributed by atoms with van der Waals surface area (Å²) in [6.45, 7) is 0.548. The van der Waals surface area contributed by atoms with Gasteiger partial charge in [-0.1, -0.05) is 78.9 Å². The maximum atomic E-state index is 14.1. The van der Waals surface area contributed by atoms with Crippen molar-refractivity contribution in [1.29, 1.82) is 0 Å². The average molecular weight is 412 g/mol. The Morgan fingerprint density at radius 3 is 2.23 bits per heavy atom. The van der Waals surface area contributed by atoms with Crippen molar-refractivity contribution in [1.82, 2.24) is 0 Å². The Labute approximate surface area is 180 Å². The summed E-state index contributed by atoms with van der Waals surface area (Å²) in [5.41, 5.74) is 4.12. The Morgan fingerprint density at radius 1 is 0.800 bits per heavy atom. The fourth-order valence-electron chi connectivity index (χ4n) is 4.09. The highest BCUT2D eigenvalue weighted by atomic mass is 32.2. The summed E-state index contributed by atoms with van der Waals surface area (Å²) in [6.07, 6.45) is 1.68. The topological polar surface area (TPSA) is 33.5 Å². The lowest BCUT2D eigenvalue weighted by Crippen LogP contribution is -2.38. The van der Waals surface area contributed by atoms with Gasteiger partial charge in [-0.25, -0.2) is 0 Å². The van der Waals surface area contributed by atoms with Gasteiger partial charge >= 0.3 is 0 Å². The van der Waals surface area contributed by atoms with Crippen molar-refractivity contribution in [3.8, 4) is 0 Å². The SMILES string of the molecule is O=C1N(Cc2ccccc2)c2ccccc2[C@@]1(SCc1ccco1)c1ccccc1. The number of furan rings is 1. The molecule has 2 heterocycles. The van der Waals surface area contributed by atoms with Crippen molar-refractivity contribution in [2.75, 3.05) is 4.90 Å². The van der Waals surface area contributed by atoms with E-state index in [0.29, 0.717) is 12.3 Å². The van der Waals surface area contributed by atoms with E-state index in [-0.39, 0.29) is 5.91 Å². The minimum absolute atomic E-state index is 0.0929. The number of amides is 1. The van der Waals surface area contributed by atoms with Crippen LogP contribution in [0.2, 0.25) is 0 Å². The van der Waals surface area contributed by atoms with E-state index in [2.05, 4.69) is 30.3 Å². The molecule has 0 unspecified atom stereocenters. The van der Waals surface area contributed by atoms with Crippen molar-refractivity contribution < 1.29 is 9.21 Å². The molecule has 0 saturated carbocycles. The number of para-hydroxylation sites is 1. The number of carbonyl (C=O) groups is 1. The van der Waals surface area contributed by atoms with Gasteiger partial charge in [0, 0.05) is 11.3 Å². The van der Waals surface area contributed by atoms with Crippen molar-refractivity contribution in [3.05, 3.63) is 126 Å². The summed E-state index contributed by atoms with van der Waals surface area (Å²) in [6, 6.07) is 32.2. The first-order chi connectivity index (χ1) is 14.8. The molecule has 30 heavy (non-hydrogen) atoms. The lowest BCUT2D eigenvalue weighted by atomic mass is 9.91. The van der Waals surface area contributed by atoms with E-state index in [1.807, 2.05) is 71.6 Å². The third kappa shape index (κ3) is 3.14. The molecule has 3 aromatic carbocycles. The maximum absolute atomic E-state index is 14.1. The molecule has 1 atom stereocenters. The predicted molar refractivity (Wildman–Crippen MR) is 121 cm³/mol. The zero-order valence-corrected chi connectivity index (χ0v) is 17.2. The Hall–Kier alpha value is -3.24. The number of benzene rings is 3. The number of hydrogen-bond donors (Lipinski definition) is 0. The van der Waals surface area contributed by atoms with Gasteiger partial charge in [0.05, 0.1) is 18.6 Å². The van der Waals surface area contributed by atoms with E-state index in [1.54, 1.807) is 18.0 Å². The number of anilines is 1. The fourth-order valence-corrected chi connectivity index (χ4v) is 5.48. The Kier molecular flexibility index (Phi) is 4.93. The molecule has 1 aliphatic heterocycles. The number of rotatable bonds is 6. The molecule has 0 spiro atoms. The molecular weight excluding hydrogens is 390 g/mol. The molecule has 1 aromatic heterocycles. The Balaban J connectivity index is 1.63. The Bertz CT molecular complexity index is 1140. The molecule has 1 amide bonds. The second kappa shape index (κ2) is 7.88. The second-order valence-electron chi connectivity index (χ2n) is 7.31. The molecule has 148 valence electrons. The standard InChI is InChI=1S/C26H21NO2S/c28-25-26(21-12-5-2-6-13-21,30-19-22-14-9-17-29-22)23-15-7-8-16-24(23)27(25)18-20-10-3-1-4-11-20/h1-17H,18-19H2/t26-/m0/s1. The quantitative estimate of drug-likeness (QED) is 0.390. The van der Waals surface area contributed by atoms with Crippen LogP contribution in [0.25, 0.3) is 0 Å². The zero-order chi connectivity index (χ0) is 20.4. The first kappa shape index (κ1) is 18.8. The van der Waals surface area contributed by atoms with Gasteiger partial charge in [-0.15, -0.1) is 11.8 Å². The maximum Gasteiger partial charge on any atom is 0.252 e. The van der Waals surface area contributed by atoms with E-state index in [1.165, 1.54) is 0 Å². The van der Waals surface area contributed by atoms with Gasteiger partial charge in [-0.3, -0.25) is 4.79 Å². The van der Waals surface area contributed by atoms with Gasteiger partial charge in [0.2, 0.25) is 0 Å². The molecule has 0 bridgehead atoms. The number of nitrogens with zero attached hydrogens (tertiary/aromatic N) is 1. The monoisotopic (exact) mass is 411 g/mol. The Morgan fingerprint density at radius 2 is 1.50 bits per heavy atom. The van der Waals surface area contributed by atoms with E-state index < -0.39 is 4.75 Å². The van der Waals surface area contributed by atoms with Crippen LogP contribution in [-0.2, 0) is 21.8 Å². The average Bonchev–Trinajstić information content (AvgIpc) is 3.40. The van der Waals surface area contributed by atoms with Crippen LogP contribution in [0.1, 0.15) is 22.5 Å². The summed E-state index contributed by atoms with van der Waals surface area (Å²) in [7, 11) is 0. The first-order valence-electron chi connectivity index (χ1n) is 9.96. The third-order valence-electron chi connectivity index (χ3n) is 5.50. The zero-order valence-electron chi connectivity index (χ0n) is 16.4. The molecule has 0 N–H and O–H groups in total. The molecule has 1 aliphatic rings. The van der Waals surface area contributed by atoms with Crippen LogP contribution in [0.4, 0.5) is 5.69 Å². The van der Waals surface area contributed by atoms with Gasteiger partial charge < -0.3 is 9.32 Å². The summed E-state index contributed by atoms with van der Waals surface area (Å²) in [5.74, 6) is 1.57. The molecule has 0 fully saturated rings. The minimum atomic E-state index is -0.806. The summed E-state index contributed by atoms with van der Waals surface area (Å²) in [5, 5.41) is 0. The van der Waals surface area contributed by atoms with E-state index >= 15 is 0 Å². The molecule has 0 aliphatic carbocycles. The molecule has 5 rings (SSSR count). The number of hydrogen-bond acceptors (Lipinski definition) is 3. The van der Waals surface area contributed by atoms with Crippen LogP contribution in [0.3, 0.4) is 0 Å². The van der Waals surface area contributed by atoms with Crippen LogP contribution in [0, 0.1) is 0 Å². The number of fused-ring (bicyclic) bond motifs is 1. The highest BCUT2D eigenvalue weighted by molar-refractivity contribution is 8.00. The van der Waals surface area contributed by atoms with E-state index in [0.717, 1.165) is 28.1 Å². The van der Waals surface area contributed by atoms with Crippen molar-refractivity contribution >= 4 is 23.4 Å². The molecule has 0 saturated heterocycles. The smallest absolute Gasteiger partial charge is 0.252 e. The second-order valence-corrected chi connectivity index (χ2v) is 8.50. The van der Waals surface area contributed by atoms with E-state index in [4.69, 9.17) is 4.42 Å². The van der Waals surface area contributed by atoms with Crippen LogP contribution in [-0.4, -0.2) is 5.91 Å². The minimum Gasteiger partial charge on any atom is -0.468 e. The summed E-state index contributed by atoms with van der Waals surface area (Å²) >= 11 is 1.62. The van der Waals surface area contributed by atoms with Gasteiger partial charge in [0.1, 0.15) is 10.5 Å². The van der Waals surface area contributed by atoms with Gasteiger partial charge in [0.25, 0.3) is 5.91 Å². The number of thioether (sulfide) groups is 1. The lowest BCUT2D eigenvalue weighted by molar-refractivity contribution is -0.119. The van der Waals surface area contributed by atoms with Crippen molar-refractivity contribution in [3.63, 3.8) is 0 Å². The molecular formula is C26H21NO2S. The largest absolute Gasteiger partial charge is 0.468 e. The van der Waals surface area contributed by atoms with Crippen LogP contribution in [0.5, 0.6) is 0 Å². The lowest BCUT2D eigenvalue weighted by Gasteiger charge is -2.29. The van der Waals surface area contributed by atoms with E-state index in [9.17, 15) is 4.79 Å². The van der Waals surface area contributed by atoms with Gasteiger partial charge in [-0.2, -0.15) is 0 Å². The van der Waals surface area contributed by atoms with Gasteiger partial charge in [0.15, 0.2) is 0 Å². The highest BCUT2D eigenvalue weighted by Gasteiger charge is 2.52. The molecule has 3 nitrogen and oxygen atoms in total. The highest BCUT2D eigenvalue weighted by Crippen LogP contribution is 2.54. The normalized spacial score (nSPS) is 17.9. The molecule has 0 radical (unpaired) electrons. The summed E-state index contributed by atoms with van der Waals surface area (Å²) < 4.78 is 4.77. The van der Waals surface area contributed by atoms with Gasteiger partial charge in [-0.05, 0) is 29.3 Å². The molecule has 4 heteroatoms. The summed E-state index contributed by atoms with van der Waals surface area (Å²) in [4.78, 5) is 16.0. The molecule has 4 aromatic rings.